The Morgan fingerprint density at radius 2 is 1.95 bits per heavy atom. The number of aromatic nitrogens is 2. The first kappa shape index (κ1) is 15.8. The Hall–Kier alpha value is -1.63. The number of aryl methyl sites for hydroxylation is 1. The van der Waals surface area contributed by atoms with Crippen LogP contribution in [0.25, 0.3) is 0 Å². The summed E-state index contributed by atoms with van der Waals surface area (Å²) in [5, 5.41) is 17.7. The van der Waals surface area contributed by atoms with Gasteiger partial charge in [0.1, 0.15) is 0 Å². The van der Waals surface area contributed by atoms with E-state index in [0.29, 0.717) is 24.2 Å². The third-order valence-corrected chi connectivity index (χ3v) is 4.18. The second kappa shape index (κ2) is 7.40. The molecule has 0 bridgehead atoms. The molecule has 0 amide bonds. The Morgan fingerprint density at radius 3 is 2.57 bits per heavy atom. The van der Waals surface area contributed by atoms with Gasteiger partial charge in [0.25, 0.3) is 0 Å². The Kier molecular flexibility index (Phi) is 5.55. The summed E-state index contributed by atoms with van der Waals surface area (Å²) in [6, 6.07) is 0.595. The minimum absolute atomic E-state index is 0.0931. The van der Waals surface area contributed by atoms with Crippen molar-refractivity contribution >= 4 is 11.6 Å². The Bertz CT molecular complexity index is 478. The van der Waals surface area contributed by atoms with Gasteiger partial charge in [-0.1, -0.05) is 25.7 Å². The number of hydrogen-bond acceptors (Lipinski definition) is 5. The lowest BCUT2D eigenvalue weighted by molar-refractivity contribution is -0.388. The molecular weight excluding hydrogens is 270 g/mol. The van der Waals surface area contributed by atoms with Crippen LogP contribution in [0.4, 0.5) is 11.6 Å². The van der Waals surface area contributed by atoms with E-state index >= 15 is 0 Å². The molecule has 1 heterocycles. The molecule has 0 aliphatic heterocycles. The fourth-order valence-electron chi connectivity index (χ4n) is 2.86. The number of anilines is 1. The molecular formula is C14H25N5O2. The lowest BCUT2D eigenvalue weighted by Gasteiger charge is -2.16. The largest absolute Gasteiger partial charge is 0.406 e. The molecule has 7 heteroatoms. The van der Waals surface area contributed by atoms with Crippen molar-refractivity contribution in [3.05, 3.63) is 15.9 Å². The van der Waals surface area contributed by atoms with Crippen molar-refractivity contribution in [1.82, 2.24) is 14.9 Å². The average molecular weight is 295 g/mol. The summed E-state index contributed by atoms with van der Waals surface area (Å²) in [4.78, 5) is 14.5. The third kappa shape index (κ3) is 4.17. The van der Waals surface area contributed by atoms with Crippen LogP contribution in [0.1, 0.15) is 44.3 Å². The molecule has 0 radical (unpaired) electrons. The lowest BCUT2D eigenvalue weighted by atomic mass is 10.1. The monoisotopic (exact) mass is 295 g/mol. The minimum atomic E-state index is -0.436. The normalized spacial score (nSPS) is 16.7. The average Bonchev–Trinajstić information content (AvgIpc) is 2.65. The summed E-state index contributed by atoms with van der Waals surface area (Å²) in [6.07, 6.45) is 7.78. The molecule has 118 valence electrons. The van der Waals surface area contributed by atoms with Crippen molar-refractivity contribution in [3.8, 4) is 0 Å². The third-order valence-electron chi connectivity index (χ3n) is 4.18. The van der Waals surface area contributed by atoms with Gasteiger partial charge in [0.05, 0.1) is 0 Å². The quantitative estimate of drug-likeness (QED) is 0.364. The Morgan fingerprint density at radius 1 is 1.29 bits per heavy atom. The standard InChI is InChI=1S/C14H25N5O2/c1-11-17-14(19(20)21)13(18(11)2)16-10-9-15-12-7-5-3-4-6-8-12/h12,15-16H,3-10H2,1-2H3. The second-order valence-corrected chi connectivity index (χ2v) is 5.72. The maximum absolute atomic E-state index is 11.0. The summed E-state index contributed by atoms with van der Waals surface area (Å²) in [5.41, 5.74) is 0. The molecule has 1 aliphatic rings. The second-order valence-electron chi connectivity index (χ2n) is 5.72. The van der Waals surface area contributed by atoms with E-state index in [4.69, 9.17) is 0 Å². The SMILES string of the molecule is Cc1nc([N+](=O)[O-])c(NCCNC2CCCCCC2)n1C. The van der Waals surface area contributed by atoms with E-state index in [2.05, 4.69) is 15.6 Å². The molecule has 0 atom stereocenters. The smallest absolute Gasteiger partial charge is 0.363 e. The maximum atomic E-state index is 11.0. The van der Waals surface area contributed by atoms with E-state index in [1.54, 1.807) is 18.5 Å². The maximum Gasteiger partial charge on any atom is 0.406 e. The van der Waals surface area contributed by atoms with Crippen molar-refractivity contribution in [2.45, 2.75) is 51.5 Å². The van der Waals surface area contributed by atoms with Gasteiger partial charge in [0.2, 0.25) is 11.6 Å². The molecule has 0 spiro atoms. The number of nitrogens with zero attached hydrogens (tertiary/aromatic N) is 3. The van der Waals surface area contributed by atoms with Crippen molar-refractivity contribution < 1.29 is 4.92 Å². The zero-order valence-electron chi connectivity index (χ0n) is 12.9. The zero-order valence-corrected chi connectivity index (χ0v) is 12.9. The minimum Gasteiger partial charge on any atom is -0.363 e. The van der Waals surface area contributed by atoms with Crippen molar-refractivity contribution in [2.24, 2.45) is 7.05 Å². The first-order valence-corrected chi connectivity index (χ1v) is 7.74. The molecule has 1 saturated carbocycles. The summed E-state index contributed by atoms with van der Waals surface area (Å²) in [5.74, 6) is 1.03. The fraction of sp³-hybridized carbons (Fsp3) is 0.786. The predicted octanol–water partition coefficient (Wildman–Crippen LogP) is 2.36. The topological polar surface area (TPSA) is 85.0 Å². The van der Waals surface area contributed by atoms with Crippen LogP contribution in [0.15, 0.2) is 0 Å². The van der Waals surface area contributed by atoms with Gasteiger partial charge in [-0.25, -0.2) is 0 Å². The summed E-state index contributed by atoms with van der Waals surface area (Å²) in [6.45, 7) is 3.24. The van der Waals surface area contributed by atoms with Gasteiger partial charge in [-0.15, -0.1) is 0 Å². The molecule has 1 aromatic heterocycles. The predicted molar refractivity (Wildman–Crippen MR) is 82.6 cm³/mol. The molecule has 21 heavy (non-hydrogen) atoms. The molecule has 0 saturated heterocycles. The van der Waals surface area contributed by atoms with Gasteiger partial charge in [-0.3, -0.25) is 4.57 Å². The summed E-state index contributed by atoms with van der Waals surface area (Å²) >= 11 is 0. The fourth-order valence-corrected chi connectivity index (χ4v) is 2.86. The van der Waals surface area contributed by atoms with E-state index in [0.717, 1.165) is 6.54 Å². The molecule has 1 aliphatic carbocycles. The number of rotatable bonds is 6. The zero-order chi connectivity index (χ0) is 15.2. The first-order chi connectivity index (χ1) is 10.1. The molecule has 2 rings (SSSR count). The highest BCUT2D eigenvalue weighted by Crippen LogP contribution is 2.23. The first-order valence-electron chi connectivity index (χ1n) is 7.74. The number of imidazole rings is 1. The molecule has 1 fully saturated rings. The van der Waals surface area contributed by atoms with E-state index in [1.807, 2.05) is 0 Å². The van der Waals surface area contributed by atoms with Crippen LogP contribution in [-0.4, -0.2) is 33.6 Å². The van der Waals surface area contributed by atoms with Crippen LogP contribution in [0.3, 0.4) is 0 Å². The highest BCUT2D eigenvalue weighted by Gasteiger charge is 2.23. The molecule has 7 nitrogen and oxygen atoms in total. The highest BCUT2D eigenvalue weighted by atomic mass is 16.6. The lowest BCUT2D eigenvalue weighted by Crippen LogP contribution is -2.32. The Labute approximate surface area is 125 Å². The van der Waals surface area contributed by atoms with Gasteiger partial charge in [-0.05, 0) is 22.7 Å². The van der Waals surface area contributed by atoms with Crippen LogP contribution >= 0.6 is 0 Å². The summed E-state index contributed by atoms with van der Waals surface area (Å²) in [7, 11) is 1.79. The Balaban J connectivity index is 1.82. The van der Waals surface area contributed by atoms with Gasteiger partial charge in [0.15, 0.2) is 0 Å². The molecule has 0 aromatic carbocycles. The van der Waals surface area contributed by atoms with Crippen LogP contribution in [0.5, 0.6) is 0 Å². The van der Waals surface area contributed by atoms with Crippen LogP contribution in [0, 0.1) is 17.0 Å². The van der Waals surface area contributed by atoms with Gasteiger partial charge < -0.3 is 20.7 Å². The van der Waals surface area contributed by atoms with Crippen molar-refractivity contribution in [2.75, 3.05) is 18.4 Å². The van der Waals surface area contributed by atoms with Crippen molar-refractivity contribution in [3.63, 3.8) is 0 Å². The van der Waals surface area contributed by atoms with E-state index in [1.165, 1.54) is 38.5 Å². The van der Waals surface area contributed by atoms with Crippen LogP contribution < -0.4 is 10.6 Å². The van der Waals surface area contributed by atoms with Gasteiger partial charge >= 0.3 is 5.82 Å². The number of hydrogen-bond donors (Lipinski definition) is 2. The van der Waals surface area contributed by atoms with Crippen LogP contribution in [-0.2, 0) is 7.05 Å². The molecule has 2 N–H and O–H groups in total. The van der Waals surface area contributed by atoms with E-state index in [-0.39, 0.29) is 5.82 Å². The van der Waals surface area contributed by atoms with Gasteiger partial charge in [-0.2, -0.15) is 0 Å². The van der Waals surface area contributed by atoms with E-state index in [9.17, 15) is 10.1 Å². The molecule has 1 aromatic rings. The summed E-state index contributed by atoms with van der Waals surface area (Å²) < 4.78 is 1.73. The number of nitro groups is 1. The van der Waals surface area contributed by atoms with Crippen LogP contribution in [0.2, 0.25) is 0 Å². The highest BCUT2D eigenvalue weighted by molar-refractivity contribution is 5.53. The number of nitrogens with one attached hydrogen (secondary N) is 2. The van der Waals surface area contributed by atoms with Gasteiger partial charge in [0, 0.05) is 33.1 Å². The van der Waals surface area contributed by atoms with E-state index < -0.39 is 4.92 Å². The van der Waals surface area contributed by atoms with Crippen molar-refractivity contribution in [1.29, 1.82) is 0 Å². The molecule has 0 unspecified atom stereocenters.